The molecule has 0 saturated heterocycles. The van der Waals surface area contributed by atoms with Crippen LogP contribution in [0.4, 0.5) is 10.1 Å². The van der Waals surface area contributed by atoms with Gasteiger partial charge < -0.3 is 10.4 Å². The number of halogens is 1. The Balaban J connectivity index is 2.23. The van der Waals surface area contributed by atoms with Crippen molar-refractivity contribution in [1.29, 1.82) is 0 Å². The van der Waals surface area contributed by atoms with E-state index in [1.165, 1.54) is 6.07 Å². The number of hydrogen-bond acceptors (Lipinski definition) is 2. The van der Waals surface area contributed by atoms with Crippen LogP contribution >= 0.6 is 0 Å². The summed E-state index contributed by atoms with van der Waals surface area (Å²) in [6.45, 7) is 3.00. The molecule has 0 aliphatic carbocycles. The van der Waals surface area contributed by atoms with Gasteiger partial charge in [0.15, 0.2) is 0 Å². The summed E-state index contributed by atoms with van der Waals surface area (Å²) in [6, 6.07) is 5.08. The Bertz CT molecular complexity index is 315. The zero-order valence-corrected chi connectivity index (χ0v) is 9.80. The summed E-state index contributed by atoms with van der Waals surface area (Å²) in [5.74, 6) is -0.194. The van der Waals surface area contributed by atoms with E-state index in [-0.39, 0.29) is 12.4 Å². The van der Waals surface area contributed by atoms with Crippen LogP contribution in [0.1, 0.15) is 31.2 Å². The molecule has 0 fully saturated rings. The van der Waals surface area contributed by atoms with Crippen LogP contribution in [0.5, 0.6) is 0 Å². The van der Waals surface area contributed by atoms with Gasteiger partial charge in [-0.3, -0.25) is 0 Å². The van der Waals surface area contributed by atoms with Gasteiger partial charge in [0.25, 0.3) is 0 Å². The lowest BCUT2D eigenvalue weighted by Crippen LogP contribution is -2.03. The van der Waals surface area contributed by atoms with E-state index >= 15 is 0 Å². The Morgan fingerprint density at radius 2 is 1.94 bits per heavy atom. The van der Waals surface area contributed by atoms with Crippen LogP contribution in [-0.2, 0) is 0 Å². The van der Waals surface area contributed by atoms with Crippen molar-refractivity contribution < 1.29 is 9.50 Å². The topological polar surface area (TPSA) is 32.3 Å². The highest BCUT2D eigenvalue weighted by Crippen LogP contribution is 2.15. The van der Waals surface area contributed by atoms with Crippen molar-refractivity contribution in [1.82, 2.24) is 0 Å². The van der Waals surface area contributed by atoms with Gasteiger partial charge in [-0.05, 0) is 37.5 Å². The molecule has 0 aliphatic heterocycles. The van der Waals surface area contributed by atoms with Gasteiger partial charge in [0.2, 0.25) is 0 Å². The molecule has 0 aliphatic rings. The summed E-state index contributed by atoms with van der Waals surface area (Å²) >= 11 is 0. The van der Waals surface area contributed by atoms with Crippen molar-refractivity contribution >= 4 is 5.69 Å². The van der Waals surface area contributed by atoms with Gasteiger partial charge in [0.1, 0.15) is 5.82 Å². The third kappa shape index (κ3) is 4.62. The largest absolute Gasteiger partial charge is 0.396 e. The molecule has 0 unspecified atom stereocenters. The van der Waals surface area contributed by atoms with E-state index < -0.39 is 0 Å². The quantitative estimate of drug-likeness (QED) is 0.699. The number of aliphatic hydroxyl groups is 1. The van der Waals surface area contributed by atoms with Gasteiger partial charge in [0.05, 0.1) is 5.69 Å². The maximum Gasteiger partial charge on any atom is 0.146 e. The normalized spacial score (nSPS) is 10.4. The lowest BCUT2D eigenvalue weighted by atomic mass is 10.2. The molecule has 0 amide bonds. The zero-order chi connectivity index (χ0) is 11.8. The lowest BCUT2D eigenvalue weighted by molar-refractivity contribution is 0.283. The number of benzene rings is 1. The minimum atomic E-state index is -0.194. The van der Waals surface area contributed by atoms with E-state index in [0.29, 0.717) is 5.69 Å². The molecule has 2 nitrogen and oxygen atoms in total. The summed E-state index contributed by atoms with van der Waals surface area (Å²) in [6.07, 6.45) is 3.97. The SMILES string of the molecule is Cc1ccc(F)c(NCCCCCCO)c1. The van der Waals surface area contributed by atoms with Crippen LogP contribution in [0.15, 0.2) is 18.2 Å². The second-order valence-corrected chi connectivity index (χ2v) is 4.05. The first-order valence-corrected chi connectivity index (χ1v) is 5.85. The third-order valence-corrected chi connectivity index (χ3v) is 2.52. The van der Waals surface area contributed by atoms with E-state index in [9.17, 15) is 4.39 Å². The van der Waals surface area contributed by atoms with Crippen molar-refractivity contribution in [2.45, 2.75) is 32.6 Å². The molecule has 90 valence electrons. The van der Waals surface area contributed by atoms with Crippen molar-refractivity contribution in [2.24, 2.45) is 0 Å². The molecule has 0 radical (unpaired) electrons. The highest BCUT2D eigenvalue weighted by Gasteiger charge is 2.00. The highest BCUT2D eigenvalue weighted by atomic mass is 19.1. The Kier molecular flexibility index (Phi) is 5.86. The molecule has 0 heterocycles. The van der Waals surface area contributed by atoms with Crippen LogP contribution in [0.3, 0.4) is 0 Å². The predicted molar refractivity (Wildman–Crippen MR) is 65.2 cm³/mol. The minimum absolute atomic E-state index is 0.194. The lowest BCUT2D eigenvalue weighted by Gasteiger charge is -2.08. The summed E-state index contributed by atoms with van der Waals surface area (Å²) in [4.78, 5) is 0. The van der Waals surface area contributed by atoms with Gasteiger partial charge >= 0.3 is 0 Å². The molecule has 1 aromatic carbocycles. The first-order valence-electron chi connectivity index (χ1n) is 5.85. The van der Waals surface area contributed by atoms with Gasteiger partial charge in [-0.25, -0.2) is 4.39 Å². The molecule has 16 heavy (non-hydrogen) atoms. The standard InChI is InChI=1S/C13H20FNO/c1-11-6-7-12(14)13(10-11)15-8-4-2-3-5-9-16/h6-7,10,15-16H,2-5,8-9H2,1H3. The summed E-state index contributed by atoms with van der Waals surface area (Å²) < 4.78 is 13.3. The van der Waals surface area contributed by atoms with Crippen molar-refractivity contribution in [2.75, 3.05) is 18.5 Å². The number of nitrogens with one attached hydrogen (secondary N) is 1. The smallest absolute Gasteiger partial charge is 0.146 e. The Hall–Kier alpha value is -1.09. The van der Waals surface area contributed by atoms with E-state index in [2.05, 4.69) is 5.32 Å². The molecule has 0 aromatic heterocycles. The van der Waals surface area contributed by atoms with Gasteiger partial charge in [-0.15, -0.1) is 0 Å². The monoisotopic (exact) mass is 225 g/mol. The first-order chi connectivity index (χ1) is 7.74. The number of unbranched alkanes of at least 4 members (excludes halogenated alkanes) is 3. The second kappa shape index (κ2) is 7.23. The van der Waals surface area contributed by atoms with Crippen molar-refractivity contribution in [3.8, 4) is 0 Å². The van der Waals surface area contributed by atoms with Crippen LogP contribution in [-0.4, -0.2) is 18.3 Å². The molecule has 0 bridgehead atoms. The molecule has 1 aromatic rings. The molecule has 0 atom stereocenters. The van der Waals surface area contributed by atoms with E-state index in [4.69, 9.17) is 5.11 Å². The predicted octanol–water partition coefficient (Wildman–Crippen LogP) is 3.10. The van der Waals surface area contributed by atoms with Crippen LogP contribution in [0, 0.1) is 12.7 Å². The Morgan fingerprint density at radius 1 is 1.19 bits per heavy atom. The van der Waals surface area contributed by atoms with Crippen LogP contribution < -0.4 is 5.32 Å². The van der Waals surface area contributed by atoms with Crippen LogP contribution in [0.2, 0.25) is 0 Å². The third-order valence-electron chi connectivity index (χ3n) is 2.52. The Labute approximate surface area is 96.5 Å². The average Bonchev–Trinajstić information content (AvgIpc) is 2.28. The molecule has 3 heteroatoms. The number of aliphatic hydroxyl groups excluding tert-OH is 1. The van der Waals surface area contributed by atoms with E-state index in [1.54, 1.807) is 6.07 Å². The number of anilines is 1. The molecule has 0 spiro atoms. The number of aryl methyl sites for hydroxylation is 1. The van der Waals surface area contributed by atoms with E-state index in [1.807, 2.05) is 13.0 Å². The fourth-order valence-electron chi connectivity index (χ4n) is 1.59. The van der Waals surface area contributed by atoms with Crippen molar-refractivity contribution in [3.05, 3.63) is 29.6 Å². The van der Waals surface area contributed by atoms with Gasteiger partial charge in [-0.2, -0.15) is 0 Å². The van der Waals surface area contributed by atoms with Crippen molar-refractivity contribution in [3.63, 3.8) is 0 Å². The first kappa shape index (κ1) is 13.0. The fraction of sp³-hybridized carbons (Fsp3) is 0.538. The van der Waals surface area contributed by atoms with Crippen LogP contribution in [0.25, 0.3) is 0 Å². The maximum absolute atomic E-state index is 13.3. The molecule has 1 rings (SSSR count). The zero-order valence-electron chi connectivity index (χ0n) is 9.80. The fourth-order valence-corrected chi connectivity index (χ4v) is 1.59. The molecule has 2 N–H and O–H groups in total. The van der Waals surface area contributed by atoms with E-state index in [0.717, 1.165) is 37.8 Å². The molecule has 0 saturated carbocycles. The number of hydrogen-bond donors (Lipinski definition) is 2. The molecular weight excluding hydrogens is 205 g/mol. The van der Waals surface area contributed by atoms with Gasteiger partial charge in [-0.1, -0.05) is 18.9 Å². The summed E-state index contributed by atoms with van der Waals surface area (Å²) in [5.41, 5.74) is 1.64. The Morgan fingerprint density at radius 3 is 2.69 bits per heavy atom. The van der Waals surface area contributed by atoms with Gasteiger partial charge in [0, 0.05) is 13.2 Å². The highest BCUT2D eigenvalue weighted by molar-refractivity contribution is 5.46. The second-order valence-electron chi connectivity index (χ2n) is 4.05. The average molecular weight is 225 g/mol. The summed E-state index contributed by atoms with van der Waals surface area (Å²) in [5, 5.41) is 11.7. The minimum Gasteiger partial charge on any atom is -0.396 e. The number of rotatable bonds is 7. The molecular formula is C13H20FNO. The summed E-state index contributed by atoms with van der Waals surface area (Å²) in [7, 11) is 0. The maximum atomic E-state index is 13.3.